The van der Waals surface area contributed by atoms with E-state index in [9.17, 15) is 9.59 Å². The number of hydrogen-bond acceptors (Lipinski definition) is 4. The summed E-state index contributed by atoms with van der Waals surface area (Å²) < 4.78 is 5.13. The number of likely N-dealkylation sites (tertiary alicyclic amines) is 1. The van der Waals surface area contributed by atoms with Crippen molar-refractivity contribution in [2.45, 2.75) is 25.7 Å². The van der Waals surface area contributed by atoms with Crippen molar-refractivity contribution in [1.29, 1.82) is 0 Å². The van der Waals surface area contributed by atoms with Gasteiger partial charge in [0.1, 0.15) is 11.4 Å². The molecule has 1 N–H and O–H groups in total. The van der Waals surface area contributed by atoms with Gasteiger partial charge in [0.2, 0.25) is 0 Å². The van der Waals surface area contributed by atoms with Crippen LogP contribution in [0.3, 0.4) is 0 Å². The Kier molecular flexibility index (Phi) is 6.65. The summed E-state index contributed by atoms with van der Waals surface area (Å²) in [5, 5.41) is 4.77. The molecule has 0 spiro atoms. The predicted octanol–water partition coefficient (Wildman–Crippen LogP) is 3.93. The Morgan fingerprint density at radius 1 is 1.07 bits per heavy atom. The first kappa shape index (κ1) is 19.2. The van der Waals surface area contributed by atoms with Crippen LogP contribution >= 0.6 is 11.3 Å². The number of nitrogens with one attached hydrogen (secondary N) is 1. The number of benzene rings is 1. The van der Waals surface area contributed by atoms with E-state index in [0.717, 1.165) is 43.6 Å². The monoisotopic (exact) mass is 384 g/mol. The number of carbonyl (C=O) groups is 2. The van der Waals surface area contributed by atoms with Crippen LogP contribution in [0.1, 0.15) is 40.9 Å². The largest absolute Gasteiger partial charge is 0.497 e. The van der Waals surface area contributed by atoms with E-state index in [-0.39, 0.29) is 11.8 Å². The van der Waals surface area contributed by atoms with Gasteiger partial charge in [-0.05, 0) is 54.6 Å². The predicted molar refractivity (Wildman–Crippen MR) is 108 cm³/mol. The minimum atomic E-state index is -0.302. The third-order valence-electron chi connectivity index (χ3n) is 4.55. The Hall–Kier alpha value is -2.60. The van der Waals surface area contributed by atoms with Crippen molar-refractivity contribution >= 4 is 29.2 Å². The van der Waals surface area contributed by atoms with E-state index >= 15 is 0 Å². The van der Waals surface area contributed by atoms with E-state index in [1.807, 2.05) is 22.4 Å². The number of hydrogen-bond donors (Lipinski definition) is 1. The van der Waals surface area contributed by atoms with E-state index in [0.29, 0.717) is 17.0 Å². The fourth-order valence-corrected chi connectivity index (χ4v) is 3.71. The van der Waals surface area contributed by atoms with Crippen LogP contribution in [0.25, 0.3) is 6.08 Å². The van der Waals surface area contributed by atoms with Gasteiger partial charge in [0.25, 0.3) is 11.8 Å². The summed E-state index contributed by atoms with van der Waals surface area (Å²) in [5.41, 5.74) is 0.803. The SMILES string of the molecule is COc1ccc(C(=O)NC(=Cc2cccs2)C(=O)N2CCCCCC2)cc1. The standard InChI is InChI=1S/C21H24N2O3S/c1-26-17-10-8-16(9-11-17)20(24)22-19(15-18-7-6-14-27-18)21(25)23-12-4-2-3-5-13-23/h6-11,14-15H,2-5,12-13H2,1H3,(H,22,24). The van der Waals surface area contributed by atoms with E-state index < -0.39 is 0 Å². The molecule has 0 radical (unpaired) electrons. The molecule has 1 fully saturated rings. The maximum Gasteiger partial charge on any atom is 0.270 e. The van der Waals surface area contributed by atoms with Crippen LogP contribution in [-0.4, -0.2) is 36.9 Å². The lowest BCUT2D eigenvalue weighted by atomic mass is 10.2. The summed E-state index contributed by atoms with van der Waals surface area (Å²) >= 11 is 1.53. The first-order valence-electron chi connectivity index (χ1n) is 9.17. The van der Waals surface area contributed by atoms with Gasteiger partial charge in [-0.15, -0.1) is 11.3 Å². The van der Waals surface area contributed by atoms with Gasteiger partial charge in [-0.1, -0.05) is 18.9 Å². The fraction of sp³-hybridized carbons (Fsp3) is 0.333. The molecule has 142 valence electrons. The van der Waals surface area contributed by atoms with Crippen molar-refractivity contribution in [3.05, 3.63) is 57.9 Å². The zero-order chi connectivity index (χ0) is 19.1. The van der Waals surface area contributed by atoms with Crippen molar-refractivity contribution in [1.82, 2.24) is 10.2 Å². The van der Waals surface area contributed by atoms with Gasteiger partial charge in [-0.25, -0.2) is 0 Å². The summed E-state index contributed by atoms with van der Waals surface area (Å²) in [6, 6.07) is 10.7. The van der Waals surface area contributed by atoms with Crippen LogP contribution < -0.4 is 10.1 Å². The number of carbonyl (C=O) groups excluding carboxylic acids is 2. The van der Waals surface area contributed by atoms with E-state index in [2.05, 4.69) is 5.32 Å². The second-order valence-corrected chi connectivity index (χ2v) is 7.44. The van der Waals surface area contributed by atoms with Crippen molar-refractivity contribution in [3.8, 4) is 5.75 Å². The average molecular weight is 385 g/mol. The van der Waals surface area contributed by atoms with Crippen molar-refractivity contribution < 1.29 is 14.3 Å². The number of nitrogens with zero attached hydrogens (tertiary/aromatic N) is 1. The number of thiophene rings is 1. The second kappa shape index (κ2) is 9.37. The third kappa shape index (κ3) is 5.20. The maximum atomic E-state index is 13.1. The van der Waals surface area contributed by atoms with Crippen LogP contribution in [0.2, 0.25) is 0 Å². The molecular formula is C21H24N2O3S. The minimum absolute atomic E-state index is 0.118. The normalized spacial score (nSPS) is 15.1. The summed E-state index contributed by atoms with van der Waals surface area (Å²) in [6.45, 7) is 1.47. The molecule has 0 unspecified atom stereocenters. The second-order valence-electron chi connectivity index (χ2n) is 6.46. The molecule has 1 aromatic carbocycles. The number of amides is 2. The molecule has 1 aromatic heterocycles. The molecule has 6 heteroatoms. The van der Waals surface area contributed by atoms with Crippen LogP contribution in [0.4, 0.5) is 0 Å². The van der Waals surface area contributed by atoms with Crippen molar-refractivity contribution in [2.24, 2.45) is 0 Å². The Morgan fingerprint density at radius 3 is 2.37 bits per heavy atom. The molecular weight excluding hydrogens is 360 g/mol. The third-order valence-corrected chi connectivity index (χ3v) is 5.37. The average Bonchev–Trinajstić information content (AvgIpc) is 3.06. The first-order valence-corrected chi connectivity index (χ1v) is 10.1. The van der Waals surface area contributed by atoms with Gasteiger partial charge in [-0.2, -0.15) is 0 Å². The number of rotatable bonds is 5. The molecule has 5 nitrogen and oxygen atoms in total. The van der Waals surface area contributed by atoms with E-state index in [1.54, 1.807) is 37.5 Å². The molecule has 0 saturated carbocycles. The van der Waals surface area contributed by atoms with Gasteiger partial charge in [-0.3, -0.25) is 9.59 Å². The van der Waals surface area contributed by atoms with E-state index in [1.165, 1.54) is 11.3 Å². The van der Waals surface area contributed by atoms with Crippen LogP contribution in [-0.2, 0) is 4.79 Å². The Balaban J connectivity index is 1.81. The summed E-state index contributed by atoms with van der Waals surface area (Å²) in [4.78, 5) is 28.5. The molecule has 0 bridgehead atoms. The Bertz CT molecular complexity index is 789. The lowest BCUT2D eigenvalue weighted by Gasteiger charge is -2.22. The molecule has 1 aliphatic heterocycles. The van der Waals surface area contributed by atoms with Crippen LogP contribution in [0.5, 0.6) is 5.75 Å². The highest BCUT2D eigenvalue weighted by atomic mass is 32.1. The van der Waals surface area contributed by atoms with Crippen molar-refractivity contribution in [2.75, 3.05) is 20.2 Å². The molecule has 3 rings (SSSR count). The van der Waals surface area contributed by atoms with Gasteiger partial charge in [0.05, 0.1) is 7.11 Å². The van der Waals surface area contributed by atoms with Crippen LogP contribution in [0.15, 0.2) is 47.5 Å². The molecule has 1 aliphatic rings. The molecule has 2 heterocycles. The van der Waals surface area contributed by atoms with E-state index in [4.69, 9.17) is 4.74 Å². The quantitative estimate of drug-likeness (QED) is 0.795. The zero-order valence-corrected chi connectivity index (χ0v) is 16.3. The molecule has 1 saturated heterocycles. The lowest BCUT2D eigenvalue weighted by Crippen LogP contribution is -2.38. The Labute approximate surface area is 163 Å². The molecule has 2 amide bonds. The maximum absolute atomic E-state index is 13.1. The topological polar surface area (TPSA) is 58.6 Å². The highest BCUT2D eigenvalue weighted by Gasteiger charge is 2.22. The van der Waals surface area contributed by atoms with Gasteiger partial charge >= 0.3 is 0 Å². The molecule has 0 aliphatic carbocycles. The lowest BCUT2D eigenvalue weighted by molar-refractivity contribution is -0.127. The number of methoxy groups -OCH3 is 1. The van der Waals surface area contributed by atoms with Crippen LogP contribution in [0, 0.1) is 0 Å². The summed E-state index contributed by atoms with van der Waals surface area (Å²) in [5.74, 6) is 0.261. The smallest absolute Gasteiger partial charge is 0.270 e. The molecule has 2 aromatic rings. The summed E-state index contributed by atoms with van der Waals surface area (Å²) in [6.07, 6.45) is 6.06. The Morgan fingerprint density at radius 2 is 1.78 bits per heavy atom. The van der Waals surface area contributed by atoms with Gasteiger partial charge in [0.15, 0.2) is 0 Å². The molecule has 0 atom stereocenters. The highest BCUT2D eigenvalue weighted by Crippen LogP contribution is 2.17. The highest BCUT2D eigenvalue weighted by molar-refractivity contribution is 7.10. The first-order chi connectivity index (χ1) is 13.2. The fourth-order valence-electron chi connectivity index (χ4n) is 3.05. The van der Waals surface area contributed by atoms with Gasteiger partial charge in [0, 0.05) is 23.5 Å². The zero-order valence-electron chi connectivity index (χ0n) is 15.4. The minimum Gasteiger partial charge on any atom is -0.497 e. The number of ether oxygens (including phenoxy) is 1. The summed E-state index contributed by atoms with van der Waals surface area (Å²) in [7, 11) is 1.58. The molecule has 27 heavy (non-hydrogen) atoms. The van der Waals surface area contributed by atoms with Crippen molar-refractivity contribution in [3.63, 3.8) is 0 Å². The van der Waals surface area contributed by atoms with Gasteiger partial charge < -0.3 is 15.0 Å².